The van der Waals surface area contributed by atoms with Crippen LogP contribution >= 0.6 is 0 Å². The van der Waals surface area contributed by atoms with E-state index in [0.29, 0.717) is 13.1 Å². The highest BCUT2D eigenvalue weighted by atomic mass is 16.5. The van der Waals surface area contributed by atoms with Gasteiger partial charge in [0, 0.05) is 32.0 Å². The van der Waals surface area contributed by atoms with Crippen molar-refractivity contribution in [1.29, 1.82) is 0 Å². The van der Waals surface area contributed by atoms with E-state index in [1.165, 1.54) is 0 Å². The molecule has 4 rings (SSSR count). The predicted molar refractivity (Wildman–Crippen MR) is 98.7 cm³/mol. The highest BCUT2D eigenvalue weighted by molar-refractivity contribution is 5.79. The summed E-state index contributed by atoms with van der Waals surface area (Å²) >= 11 is 0. The van der Waals surface area contributed by atoms with Crippen molar-refractivity contribution < 1.29 is 9.53 Å². The molecule has 1 amide bonds. The van der Waals surface area contributed by atoms with E-state index in [-0.39, 0.29) is 24.0 Å². The minimum atomic E-state index is -0.108. The Morgan fingerprint density at radius 1 is 1.19 bits per heavy atom. The molecule has 0 saturated carbocycles. The number of rotatable bonds is 5. The van der Waals surface area contributed by atoms with E-state index >= 15 is 0 Å². The van der Waals surface area contributed by atoms with Crippen molar-refractivity contribution in [3.8, 4) is 0 Å². The molecular formula is C20H24N4O2. The van der Waals surface area contributed by atoms with Crippen LogP contribution in [0.3, 0.4) is 0 Å². The van der Waals surface area contributed by atoms with E-state index in [2.05, 4.69) is 27.1 Å². The van der Waals surface area contributed by atoms with Gasteiger partial charge in [0.15, 0.2) is 0 Å². The number of aromatic nitrogens is 2. The fourth-order valence-electron chi connectivity index (χ4n) is 3.71. The first-order chi connectivity index (χ1) is 12.7. The van der Waals surface area contributed by atoms with Crippen molar-refractivity contribution in [3.63, 3.8) is 0 Å². The maximum atomic E-state index is 12.6. The second-order valence-corrected chi connectivity index (χ2v) is 6.99. The molecule has 0 spiro atoms. The van der Waals surface area contributed by atoms with Gasteiger partial charge in [-0.15, -0.1) is 0 Å². The normalized spacial score (nSPS) is 24.5. The molecule has 3 heterocycles. The van der Waals surface area contributed by atoms with Crippen molar-refractivity contribution in [2.75, 3.05) is 18.0 Å². The first-order valence-corrected chi connectivity index (χ1v) is 9.26. The van der Waals surface area contributed by atoms with Gasteiger partial charge in [0.25, 0.3) is 0 Å². The number of carbonyl (C=O) groups is 1. The summed E-state index contributed by atoms with van der Waals surface area (Å²) in [5, 5.41) is 3.05. The third-order valence-electron chi connectivity index (χ3n) is 5.19. The second-order valence-electron chi connectivity index (χ2n) is 6.99. The van der Waals surface area contributed by atoms with E-state index in [1.807, 2.05) is 42.7 Å². The van der Waals surface area contributed by atoms with Crippen molar-refractivity contribution in [2.24, 2.45) is 5.92 Å². The van der Waals surface area contributed by atoms with Crippen molar-refractivity contribution >= 4 is 11.9 Å². The largest absolute Gasteiger partial charge is 0.370 e. The molecule has 2 aliphatic heterocycles. The standard InChI is InChI=1S/C20H24N4O2/c1-2-14-9-22-20(23-10-14)24-12-16-8-17(18(13-24)26-16)19(25)21-11-15-6-4-3-5-7-15/h3-7,9-10,16-18H,2,8,11-13H2,1H3,(H,21,25)/t16-,17+,18-/m1/s1. The fraction of sp³-hybridized carbons (Fsp3) is 0.450. The van der Waals surface area contributed by atoms with Crippen LogP contribution in [0.5, 0.6) is 0 Å². The first kappa shape index (κ1) is 17.0. The number of nitrogens with one attached hydrogen (secondary N) is 1. The molecule has 1 aromatic carbocycles. The molecule has 2 bridgehead atoms. The van der Waals surface area contributed by atoms with Gasteiger partial charge in [-0.05, 0) is 24.0 Å². The van der Waals surface area contributed by atoms with Crippen LogP contribution < -0.4 is 10.2 Å². The monoisotopic (exact) mass is 352 g/mol. The number of morpholine rings is 1. The van der Waals surface area contributed by atoms with Crippen LogP contribution in [-0.4, -0.2) is 41.2 Å². The van der Waals surface area contributed by atoms with Gasteiger partial charge in [-0.3, -0.25) is 4.79 Å². The summed E-state index contributed by atoms with van der Waals surface area (Å²) < 4.78 is 6.02. The molecule has 3 atom stereocenters. The summed E-state index contributed by atoms with van der Waals surface area (Å²) in [4.78, 5) is 23.7. The lowest BCUT2D eigenvalue weighted by Gasteiger charge is -2.32. The molecule has 2 aliphatic rings. The number of hydrogen-bond acceptors (Lipinski definition) is 5. The van der Waals surface area contributed by atoms with Crippen LogP contribution in [-0.2, 0) is 22.5 Å². The summed E-state index contributed by atoms with van der Waals surface area (Å²) in [5.74, 6) is 0.694. The SMILES string of the molecule is CCc1cnc(N2C[C@H]3C[C@H](C(=O)NCc4ccccc4)[C@@H](C2)O3)nc1. The maximum absolute atomic E-state index is 12.6. The van der Waals surface area contributed by atoms with E-state index in [1.54, 1.807) is 0 Å². The number of benzene rings is 1. The smallest absolute Gasteiger partial charge is 0.226 e. The van der Waals surface area contributed by atoms with Gasteiger partial charge < -0.3 is 15.0 Å². The number of anilines is 1. The Bertz CT molecular complexity index is 750. The zero-order valence-electron chi connectivity index (χ0n) is 15.0. The minimum absolute atomic E-state index is 0.0654. The number of nitrogens with zero attached hydrogens (tertiary/aromatic N) is 3. The third-order valence-corrected chi connectivity index (χ3v) is 5.19. The summed E-state index contributed by atoms with van der Waals surface area (Å²) in [5.41, 5.74) is 2.23. The van der Waals surface area contributed by atoms with Crippen molar-refractivity contribution in [2.45, 2.75) is 38.5 Å². The molecule has 2 fully saturated rings. The average Bonchev–Trinajstić information content (AvgIpc) is 3.00. The summed E-state index contributed by atoms with van der Waals surface area (Å²) in [7, 11) is 0. The van der Waals surface area contributed by atoms with E-state index in [9.17, 15) is 4.79 Å². The van der Waals surface area contributed by atoms with Crippen LogP contribution in [0.25, 0.3) is 0 Å². The number of carbonyl (C=O) groups excluding carboxylic acids is 1. The van der Waals surface area contributed by atoms with Gasteiger partial charge in [0.1, 0.15) is 0 Å². The van der Waals surface area contributed by atoms with E-state index in [0.717, 1.165) is 36.5 Å². The molecule has 2 saturated heterocycles. The molecule has 136 valence electrons. The topological polar surface area (TPSA) is 67.4 Å². The Morgan fingerprint density at radius 2 is 1.96 bits per heavy atom. The molecular weight excluding hydrogens is 328 g/mol. The number of hydrogen-bond donors (Lipinski definition) is 1. The van der Waals surface area contributed by atoms with Gasteiger partial charge in [-0.2, -0.15) is 0 Å². The molecule has 0 aliphatic carbocycles. The third kappa shape index (κ3) is 3.55. The van der Waals surface area contributed by atoms with E-state index < -0.39 is 0 Å². The highest BCUT2D eigenvalue weighted by Crippen LogP contribution is 2.33. The molecule has 26 heavy (non-hydrogen) atoms. The summed E-state index contributed by atoms with van der Waals surface area (Å²) in [6, 6.07) is 9.97. The zero-order chi connectivity index (χ0) is 17.9. The first-order valence-electron chi connectivity index (χ1n) is 9.26. The lowest BCUT2D eigenvalue weighted by molar-refractivity contribution is -0.126. The Balaban J connectivity index is 1.38. The van der Waals surface area contributed by atoms with Gasteiger partial charge in [0.05, 0.1) is 18.1 Å². The van der Waals surface area contributed by atoms with Gasteiger partial charge >= 0.3 is 0 Å². The van der Waals surface area contributed by atoms with Crippen molar-refractivity contribution in [3.05, 3.63) is 53.9 Å². The van der Waals surface area contributed by atoms with Crippen LogP contribution in [0.2, 0.25) is 0 Å². The van der Waals surface area contributed by atoms with Crippen LogP contribution in [0, 0.1) is 5.92 Å². The Kier molecular flexibility index (Phi) is 4.84. The van der Waals surface area contributed by atoms with Gasteiger partial charge in [0.2, 0.25) is 11.9 Å². The maximum Gasteiger partial charge on any atom is 0.226 e. The van der Waals surface area contributed by atoms with Crippen LogP contribution in [0.4, 0.5) is 5.95 Å². The van der Waals surface area contributed by atoms with Crippen LogP contribution in [0.1, 0.15) is 24.5 Å². The van der Waals surface area contributed by atoms with Crippen molar-refractivity contribution in [1.82, 2.24) is 15.3 Å². The Morgan fingerprint density at radius 3 is 2.69 bits per heavy atom. The molecule has 0 unspecified atom stereocenters. The average molecular weight is 352 g/mol. The number of aryl methyl sites for hydroxylation is 1. The number of amides is 1. The highest BCUT2D eigenvalue weighted by Gasteiger charge is 2.45. The van der Waals surface area contributed by atoms with Gasteiger partial charge in [-0.25, -0.2) is 9.97 Å². The molecule has 1 aromatic heterocycles. The predicted octanol–water partition coefficient (Wildman–Crippen LogP) is 1.95. The fourth-order valence-corrected chi connectivity index (χ4v) is 3.71. The minimum Gasteiger partial charge on any atom is -0.370 e. The Hall–Kier alpha value is -2.47. The Labute approximate surface area is 153 Å². The molecule has 0 radical (unpaired) electrons. The zero-order valence-corrected chi connectivity index (χ0v) is 15.0. The van der Waals surface area contributed by atoms with E-state index in [4.69, 9.17) is 4.74 Å². The lowest BCUT2D eigenvalue weighted by atomic mass is 9.99. The number of ether oxygens (including phenoxy) is 1. The molecule has 6 nitrogen and oxygen atoms in total. The molecule has 6 heteroatoms. The van der Waals surface area contributed by atoms with Gasteiger partial charge in [-0.1, -0.05) is 37.3 Å². The quantitative estimate of drug-likeness (QED) is 0.891. The molecule has 2 aromatic rings. The summed E-state index contributed by atoms with van der Waals surface area (Å²) in [6.45, 7) is 4.04. The lowest BCUT2D eigenvalue weighted by Crippen LogP contribution is -2.46. The number of fused-ring (bicyclic) bond motifs is 2. The second kappa shape index (κ2) is 7.41. The summed E-state index contributed by atoms with van der Waals surface area (Å²) in [6.07, 6.45) is 5.41. The molecule has 1 N–H and O–H groups in total. The van der Waals surface area contributed by atoms with Crippen LogP contribution in [0.15, 0.2) is 42.7 Å².